The number of hydrogen-bond donors (Lipinski definition) is 3. The number of carbonyl (C=O) groups excluding carboxylic acids is 1. The number of nitrogens with zero attached hydrogens (tertiary/aromatic N) is 1. The molecule has 0 aliphatic heterocycles. The summed E-state index contributed by atoms with van der Waals surface area (Å²) < 4.78 is 37.3. The van der Waals surface area contributed by atoms with Crippen molar-refractivity contribution >= 4 is 24.3 Å². The SMILES string of the molecule is O=C(Cc1cc(=O)[nH]c(=S)[nH]1)N/N=C\c1ccc(C(F)(F)F)cc1. The molecule has 24 heavy (non-hydrogen) atoms. The molecule has 1 aromatic carbocycles. The van der Waals surface area contributed by atoms with E-state index in [1.165, 1.54) is 24.4 Å². The zero-order chi connectivity index (χ0) is 17.7. The number of carbonyl (C=O) groups is 1. The van der Waals surface area contributed by atoms with E-state index in [1.54, 1.807) is 0 Å². The van der Waals surface area contributed by atoms with Gasteiger partial charge < -0.3 is 4.98 Å². The summed E-state index contributed by atoms with van der Waals surface area (Å²) in [6.07, 6.45) is -3.35. The molecule has 1 aromatic heterocycles. The second-order valence-corrected chi connectivity index (χ2v) is 5.11. The van der Waals surface area contributed by atoms with E-state index in [0.717, 1.165) is 12.1 Å². The van der Waals surface area contributed by atoms with E-state index >= 15 is 0 Å². The maximum absolute atomic E-state index is 12.4. The molecule has 0 saturated carbocycles. The van der Waals surface area contributed by atoms with Crippen LogP contribution in [-0.2, 0) is 17.4 Å². The summed E-state index contributed by atoms with van der Waals surface area (Å²) in [5.41, 5.74) is 1.70. The highest BCUT2D eigenvalue weighted by atomic mass is 32.1. The molecule has 1 heterocycles. The normalized spacial score (nSPS) is 11.6. The molecule has 0 aliphatic carbocycles. The Morgan fingerprint density at radius 3 is 2.50 bits per heavy atom. The minimum Gasteiger partial charge on any atom is -0.335 e. The number of halogens is 3. The molecule has 0 bridgehead atoms. The van der Waals surface area contributed by atoms with E-state index in [0.29, 0.717) is 11.3 Å². The lowest BCUT2D eigenvalue weighted by molar-refractivity contribution is -0.137. The fourth-order valence-electron chi connectivity index (χ4n) is 1.76. The average molecular weight is 356 g/mol. The van der Waals surface area contributed by atoms with Crippen molar-refractivity contribution in [1.82, 2.24) is 15.4 Å². The third-order valence-electron chi connectivity index (χ3n) is 2.81. The van der Waals surface area contributed by atoms with Gasteiger partial charge in [0.2, 0.25) is 5.91 Å². The summed E-state index contributed by atoms with van der Waals surface area (Å²) in [5, 5.41) is 3.64. The van der Waals surface area contributed by atoms with Crippen molar-refractivity contribution in [2.24, 2.45) is 5.10 Å². The number of H-pyrrole nitrogens is 2. The van der Waals surface area contributed by atoms with Crippen molar-refractivity contribution in [3.8, 4) is 0 Å². The largest absolute Gasteiger partial charge is 0.416 e. The predicted octanol–water partition coefficient (Wildman–Crippen LogP) is 2.14. The molecule has 10 heteroatoms. The van der Waals surface area contributed by atoms with Crippen LogP contribution in [-0.4, -0.2) is 22.1 Å². The molecular weight excluding hydrogens is 345 g/mol. The first kappa shape index (κ1) is 17.6. The van der Waals surface area contributed by atoms with Gasteiger partial charge in [-0.25, -0.2) is 5.43 Å². The minimum absolute atomic E-state index is 0.0959. The van der Waals surface area contributed by atoms with Crippen molar-refractivity contribution in [3.05, 3.63) is 62.3 Å². The number of nitrogens with one attached hydrogen (secondary N) is 3. The molecule has 6 nitrogen and oxygen atoms in total. The Kier molecular flexibility index (Phi) is 5.29. The standard InChI is InChI=1S/C14H11F3N4O2S/c15-14(16,17)9-3-1-8(2-4-9)7-18-21-12(23)6-10-5-11(22)20-13(24)19-10/h1-5,7H,6H2,(H,21,23)(H2,19,20,22,24)/b18-7-. The van der Waals surface area contributed by atoms with Crippen molar-refractivity contribution in [2.45, 2.75) is 12.6 Å². The molecule has 126 valence electrons. The lowest BCUT2D eigenvalue weighted by atomic mass is 10.1. The summed E-state index contributed by atoms with van der Waals surface area (Å²) in [7, 11) is 0. The minimum atomic E-state index is -4.41. The second-order valence-electron chi connectivity index (χ2n) is 4.70. The second kappa shape index (κ2) is 7.21. The van der Waals surface area contributed by atoms with Crippen LogP contribution in [0.4, 0.5) is 13.2 Å². The molecule has 2 rings (SSSR count). The zero-order valence-corrected chi connectivity index (χ0v) is 12.8. The van der Waals surface area contributed by atoms with Gasteiger partial charge in [0.15, 0.2) is 4.77 Å². The lowest BCUT2D eigenvalue weighted by Crippen LogP contribution is -2.21. The van der Waals surface area contributed by atoms with Crippen LogP contribution in [0.5, 0.6) is 0 Å². The number of hydrogen-bond acceptors (Lipinski definition) is 4. The first-order chi connectivity index (χ1) is 11.2. The number of alkyl halides is 3. The molecule has 0 aliphatic rings. The Morgan fingerprint density at radius 1 is 1.25 bits per heavy atom. The van der Waals surface area contributed by atoms with Gasteiger partial charge in [-0.2, -0.15) is 18.3 Å². The van der Waals surface area contributed by atoms with Crippen LogP contribution < -0.4 is 11.0 Å². The summed E-state index contributed by atoms with van der Waals surface area (Å²) >= 11 is 4.78. The van der Waals surface area contributed by atoms with Crippen molar-refractivity contribution in [3.63, 3.8) is 0 Å². The van der Waals surface area contributed by atoms with Gasteiger partial charge in [0.25, 0.3) is 5.56 Å². The van der Waals surface area contributed by atoms with Gasteiger partial charge in [0, 0.05) is 11.8 Å². The van der Waals surface area contributed by atoms with Gasteiger partial charge in [-0.1, -0.05) is 12.1 Å². The molecule has 2 aromatic rings. The monoisotopic (exact) mass is 356 g/mol. The first-order valence-corrected chi connectivity index (χ1v) is 6.96. The topological polar surface area (TPSA) is 90.1 Å². The van der Waals surface area contributed by atoms with Gasteiger partial charge in [0.1, 0.15) is 0 Å². The van der Waals surface area contributed by atoms with Crippen LogP contribution in [0.3, 0.4) is 0 Å². The van der Waals surface area contributed by atoms with E-state index in [-0.39, 0.29) is 11.2 Å². The summed E-state index contributed by atoms with van der Waals surface area (Å²) in [4.78, 5) is 27.9. The average Bonchev–Trinajstić information content (AvgIpc) is 2.45. The van der Waals surface area contributed by atoms with Gasteiger partial charge in [-0.3, -0.25) is 14.6 Å². The third-order valence-corrected chi connectivity index (χ3v) is 3.01. The van der Waals surface area contributed by atoms with Gasteiger partial charge in [0.05, 0.1) is 18.2 Å². The van der Waals surface area contributed by atoms with Crippen molar-refractivity contribution in [2.75, 3.05) is 0 Å². The van der Waals surface area contributed by atoms with Crippen LogP contribution in [0, 0.1) is 4.77 Å². The molecular formula is C14H11F3N4O2S. The third kappa shape index (κ3) is 5.16. The smallest absolute Gasteiger partial charge is 0.335 e. The van der Waals surface area contributed by atoms with Gasteiger partial charge in [-0.05, 0) is 29.9 Å². The molecule has 0 unspecified atom stereocenters. The summed E-state index contributed by atoms with van der Waals surface area (Å²) in [6.45, 7) is 0. The van der Waals surface area contributed by atoms with E-state index in [4.69, 9.17) is 12.2 Å². The number of hydrazone groups is 1. The Morgan fingerprint density at radius 2 is 1.92 bits per heavy atom. The maximum atomic E-state index is 12.4. The van der Waals surface area contributed by atoms with E-state index in [1.807, 2.05) is 0 Å². The Balaban J connectivity index is 1.94. The molecule has 0 fully saturated rings. The molecule has 0 spiro atoms. The number of aromatic amines is 2. The van der Waals surface area contributed by atoms with Crippen molar-refractivity contribution < 1.29 is 18.0 Å². The summed E-state index contributed by atoms with van der Waals surface area (Å²) in [6, 6.07) is 5.48. The molecule has 3 N–H and O–H groups in total. The van der Waals surface area contributed by atoms with Crippen LogP contribution in [0.2, 0.25) is 0 Å². The van der Waals surface area contributed by atoms with E-state index < -0.39 is 23.2 Å². The number of benzene rings is 1. The number of aromatic nitrogens is 2. The Bertz CT molecular complexity index is 841. The number of amides is 1. The Hall–Kier alpha value is -2.75. The van der Waals surface area contributed by atoms with Crippen LogP contribution >= 0.6 is 12.2 Å². The molecule has 0 saturated heterocycles. The predicted molar refractivity (Wildman–Crippen MR) is 83.1 cm³/mol. The molecule has 0 radical (unpaired) electrons. The van der Waals surface area contributed by atoms with Crippen LogP contribution in [0.15, 0.2) is 40.2 Å². The van der Waals surface area contributed by atoms with Gasteiger partial charge in [-0.15, -0.1) is 0 Å². The highest BCUT2D eigenvalue weighted by Gasteiger charge is 2.29. The fourth-order valence-corrected chi connectivity index (χ4v) is 2.00. The van der Waals surface area contributed by atoms with Gasteiger partial charge >= 0.3 is 6.18 Å². The molecule has 0 atom stereocenters. The highest BCUT2D eigenvalue weighted by molar-refractivity contribution is 7.71. The lowest BCUT2D eigenvalue weighted by Gasteiger charge is -2.05. The zero-order valence-electron chi connectivity index (χ0n) is 12.0. The van der Waals surface area contributed by atoms with E-state index in [9.17, 15) is 22.8 Å². The highest BCUT2D eigenvalue weighted by Crippen LogP contribution is 2.28. The fraction of sp³-hybridized carbons (Fsp3) is 0.143. The quantitative estimate of drug-likeness (QED) is 0.445. The first-order valence-electron chi connectivity index (χ1n) is 6.56. The number of rotatable bonds is 4. The maximum Gasteiger partial charge on any atom is 0.416 e. The van der Waals surface area contributed by atoms with Crippen molar-refractivity contribution in [1.29, 1.82) is 0 Å². The van der Waals surface area contributed by atoms with E-state index in [2.05, 4.69) is 20.5 Å². The van der Waals surface area contributed by atoms with Crippen LogP contribution in [0.25, 0.3) is 0 Å². The van der Waals surface area contributed by atoms with Crippen LogP contribution in [0.1, 0.15) is 16.8 Å². The summed E-state index contributed by atoms with van der Waals surface area (Å²) in [5.74, 6) is -0.519. The Labute approximate surface area is 138 Å². The molecule has 1 amide bonds.